The van der Waals surface area contributed by atoms with Crippen molar-refractivity contribution in [3.8, 4) is 17.2 Å². The Morgan fingerprint density at radius 1 is 0.623 bits per heavy atom. The molecule has 0 aliphatic heterocycles. The van der Waals surface area contributed by atoms with Gasteiger partial charge in [0.25, 0.3) is 0 Å². The lowest BCUT2D eigenvalue weighted by Gasteiger charge is -2.22. The third-order valence-electron chi connectivity index (χ3n) is 7.89. The maximum atomic E-state index is 12.5. The lowest BCUT2D eigenvalue weighted by molar-refractivity contribution is -0.116. The lowest BCUT2D eigenvalue weighted by atomic mass is 10.2. The topological polar surface area (TPSA) is 105 Å². The molecular formula is C42H59ClN2O8. The van der Waals surface area contributed by atoms with E-state index in [2.05, 4.69) is 5.32 Å². The highest BCUT2D eigenvalue weighted by Crippen LogP contribution is 2.27. The summed E-state index contributed by atoms with van der Waals surface area (Å²) in [5, 5.41) is 2.78. The van der Waals surface area contributed by atoms with Crippen LogP contribution in [0.3, 0.4) is 0 Å². The van der Waals surface area contributed by atoms with Crippen LogP contribution in [0.25, 0.3) is 0 Å². The number of nitrogens with one attached hydrogen (secondary N) is 1. The molecule has 0 radical (unpaired) electrons. The van der Waals surface area contributed by atoms with Crippen molar-refractivity contribution in [3.63, 3.8) is 0 Å². The Balaban J connectivity index is 1.12. The summed E-state index contributed by atoms with van der Waals surface area (Å²) in [5.41, 5.74) is 1.32. The number of unbranched alkanes of at least 4 members (excludes halogenated alkanes) is 6. The van der Waals surface area contributed by atoms with Gasteiger partial charge in [0.15, 0.2) is 0 Å². The Morgan fingerprint density at radius 2 is 1.13 bits per heavy atom. The summed E-state index contributed by atoms with van der Waals surface area (Å²) in [6.45, 7) is 11.1. The zero-order valence-electron chi connectivity index (χ0n) is 31.8. The minimum atomic E-state index is -0.464. The van der Waals surface area contributed by atoms with Crippen LogP contribution < -0.4 is 19.7 Å². The number of halogens is 1. The van der Waals surface area contributed by atoms with Gasteiger partial charge < -0.3 is 38.6 Å². The van der Waals surface area contributed by atoms with Crippen LogP contribution in [0.1, 0.15) is 77.7 Å². The molecule has 0 aliphatic carbocycles. The first-order valence-corrected chi connectivity index (χ1v) is 19.4. The molecule has 0 atom stereocenters. The Morgan fingerprint density at radius 3 is 1.70 bits per heavy atom. The minimum absolute atomic E-state index is 0.0898. The maximum Gasteiger partial charge on any atom is 0.407 e. The minimum Gasteiger partial charge on any atom is -0.494 e. The highest BCUT2D eigenvalue weighted by Gasteiger charge is 2.16. The molecule has 3 aromatic carbocycles. The van der Waals surface area contributed by atoms with Crippen molar-refractivity contribution in [2.75, 3.05) is 63.6 Å². The molecule has 0 bridgehead atoms. The fourth-order valence-electron chi connectivity index (χ4n) is 5.17. The van der Waals surface area contributed by atoms with Gasteiger partial charge in [-0.15, -0.1) is 11.6 Å². The lowest BCUT2D eigenvalue weighted by Crippen LogP contribution is -2.32. The Hall–Kier alpha value is -3.83. The molecule has 0 saturated heterocycles. The molecule has 10 nitrogen and oxygen atoms in total. The van der Waals surface area contributed by atoms with E-state index in [0.717, 1.165) is 81.6 Å². The number of carbonyl (C=O) groups is 2. The predicted molar refractivity (Wildman–Crippen MR) is 210 cm³/mol. The number of amides is 2. The molecule has 1 N–H and O–H groups in total. The van der Waals surface area contributed by atoms with Gasteiger partial charge in [-0.05, 0) is 107 Å². The fourth-order valence-corrected chi connectivity index (χ4v) is 5.32. The fraction of sp³-hybridized carbons (Fsp3) is 0.524. The Labute approximate surface area is 321 Å². The van der Waals surface area contributed by atoms with Crippen LogP contribution >= 0.6 is 11.6 Å². The summed E-state index contributed by atoms with van der Waals surface area (Å²) >= 11 is 5.89. The monoisotopic (exact) mass is 754 g/mol. The third kappa shape index (κ3) is 20.3. The molecule has 0 fully saturated rings. The van der Waals surface area contributed by atoms with Crippen molar-refractivity contribution in [1.82, 2.24) is 5.32 Å². The normalized spacial score (nSPS) is 11.2. The first-order chi connectivity index (χ1) is 25.7. The molecule has 292 valence electrons. The van der Waals surface area contributed by atoms with Crippen molar-refractivity contribution in [2.45, 2.75) is 84.3 Å². The van der Waals surface area contributed by atoms with Gasteiger partial charge in [0, 0.05) is 25.4 Å². The Bertz CT molecular complexity index is 1400. The van der Waals surface area contributed by atoms with Crippen molar-refractivity contribution in [3.05, 3.63) is 84.4 Å². The summed E-state index contributed by atoms with van der Waals surface area (Å²) in [6, 6.07) is 24.8. The predicted octanol–water partition coefficient (Wildman–Crippen LogP) is 9.33. The Kier molecular flexibility index (Phi) is 21.4. The number of alkyl halides is 1. The summed E-state index contributed by atoms with van der Waals surface area (Å²) < 4.78 is 34.0. The van der Waals surface area contributed by atoms with Crippen LogP contribution in [-0.4, -0.2) is 76.3 Å². The van der Waals surface area contributed by atoms with Gasteiger partial charge in [-0.2, -0.15) is 0 Å². The van der Waals surface area contributed by atoms with Gasteiger partial charge >= 0.3 is 6.09 Å². The maximum absolute atomic E-state index is 12.5. The quantitative estimate of drug-likeness (QED) is 0.0607. The van der Waals surface area contributed by atoms with Gasteiger partial charge in [-0.25, -0.2) is 4.79 Å². The second-order valence-corrected chi connectivity index (χ2v) is 13.9. The molecular weight excluding hydrogens is 696 g/mol. The zero-order valence-corrected chi connectivity index (χ0v) is 32.6. The van der Waals surface area contributed by atoms with E-state index in [9.17, 15) is 9.59 Å². The summed E-state index contributed by atoms with van der Waals surface area (Å²) in [7, 11) is 0. The number of nitrogens with zero attached hydrogens (tertiary/aromatic N) is 1. The van der Waals surface area contributed by atoms with Crippen LogP contribution in [0.4, 0.5) is 10.5 Å². The number of ether oxygens (including phenoxy) is 6. The molecule has 3 aromatic rings. The number of alkyl carbamates (subject to hydrolysis) is 1. The van der Waals surface area contributed by atoms with Crippen molar-refractivity contribution < 1.29 is 38.0 Å². The van der Waals surface area contributed by atoms with Crippen LogP contribution in [0.2, 0.25) is 0 Å². The van der Waals surface area contributed by atoms with E-state index in [-0.39, 0.29) is 17.9 Å². The second-order valence-electron chi connectivity index (χ2n) is 13.6. The van der Waals surface area contributed by atoms with Gasteiger partial charge in [-0.3, -0.25) is 4.79 Å². The van der Waals surface area contributed by atoms with Crippen LogP contribution in [0, 0.1) is 0 Å². The summed E-state index contributed by atoms with van der Waals surface area (Å²) in [5.74, 6) is 1.93. The molecule has 53 heavy (non-hydrogen) atoms. The van der Waals surface area contributed by atoms with Crippen molar-refractivity contribution in [2.24, 2.45) is 0 Å². The summed E-state index contributed by atoms with van der Waals surface area (Å²) in [6.07, 6.45) is 7.85. The molecule has 2 amide bonds. The second kappa shape index (κ2) is 26.0. The van der Waals surface area contributed by atoms with E-state index in [1.807, 2.05) is 99.6 Å². The molecule has 11 heteroatoms. The molecule has 0 aromatic heterocycles. The number of hydrogen-bond acceptors (Lipinski definition) is 8. The smallest absolute Gasteiger partial charge is 0.407 e. The van der Waals surface area contributed by atoms with Crippen LogP contribution in [0.15, 0.2) is 78.9 Å². The van der Waals surface area contributed by atoms with E-state index < -0.39 is 5.60 Å². The van der Waals surface area contributed by atoms with Crippen LogP contribution in [0.5, 0.6) is 17.2 Å². The number of hydrogen-bond donors (Lipinski definition) is 1. The average Bonchev–Trinajstić information content (AvgIpc) is 3.15. The molecule has 0 saturated carbocycles. The molecule has 3 rings (SSSR count). The van der Waals surface area contributed by atoms with Crippen molar-refractivity contribution in [1.29, 1.82) is 0 Å². The van der Waals surface area contributed by atoms with Crippen molar-refractivity contribution >= 4 is 29.3 Å². The number of carbonyl (C=O) groups excluding carboxylic acids is 2. The number of benzene rings is 3. The standard InChI is InChI=1S/C42H59ClN2O8/c1-42(2,3)53-41(47)44-25-11-4-5-12-26-48-29-31-50-32-30-49-27-13-6-7-14-28-51-37-21-23-39(24-22-37)52-38-19-17-36(18-20-38)45(40(46)33-43)34-35-15-9-8-10-16-35/h8-10,15-24H,4-7,11-14,25-34H2,1-3H3,(H,44,47). The summed E-state index contributed by atoms with van der Waals surface area (Å²) in [4.78, 5) is 25.8. The third-order valence-corrected chi connectivity index (χ3v) is 8.11. The van der Waals surface area contributed by atoms with E-state index >= 15 is 0 Å². The molecule has 0 aliphatic rings. The van der Waals surface area contributed by atoms with Gasteiger partial charge in [0.1, 0.15) is 28.7 Å². The van der Waals surface area contributed by atoms with E-state index in [4.69, 9.17) is 40.0 Å². The SMILES string of the molecule is CC(C)(C)OC(=O)NCCCCCCOCCOCCOCCCCCCOc1ccc(Oc2ccc(N(Cc3ccccc3)C(=O)CCl)cc2)cc1. The van der Waals surface area contributed by atoms with Gasteiger partial charge in [-0.1, -0.05) is 49.6 Å². The zero-order chi connectivity index (χ0) is 38.0. The molecule has 0 unspecified atom stereocenters. The highest BCUT2D eigenvalue weighted by atomic mass is 35.5. The van der Waals surface area contributed by atoms with E-state index in [1.54, 1.807) is 4.90 Å². The number of rotatable bonds is 27. The largest absolute Gasteiger partial charge is 0.494 e. The van der Waals surface area contributed by atoms with Crippen LogP contribution in [-0.2, 0) is 30.3 Å². The van der Waals surface area contributed by atoms with E-state index in [1.165, 1.54) is 0 Å². The first kappa shape index (κ1) is 43.6. The number of anilines is 1. The van der Waals surface area contributed by atoms with Gasteiger partial charge in [0.2, 0.25) is 5.91 Å². The van der Waals surface area contributed by atoms with E-state index in [0.29, 0.717) is 57.6 Å². The molecule has 0 heterocycles. The highest BCUT2D eigenvalue weighted by molar-refractivity contribution is 6.29. The molecule has 0 spiro atoms. The first-order valence-electron chi connectivity index (χ1n) is 18.8. The average molecular weight is 755 g/mol. The van der Waals surface area contributed by atoms with Gasteiger partial charge in [0.05, 0.1) is 39.6 Å².